The van der Waals surface area contributed by atoms with Crippen LogP contribution in [0.2, 0.25) is 0 Å². The van der Waals surface area contributed by atoms with Gasteiger partial charge in [-0.3, -0.25) is 4.99 Å². The lowest BCUT2D eigenvalue weighted by Gasteiger charge is -2.42. The summed E-state index contributed by atoms with van der Waals surface area (Å²) in [5.41, 5.74) is 7.16. The van der Waals surface area contributed by atoms with Gasteiger partial charge in [0.15, 0.2) is 0 Å². The van der Waals surface area contributed by atoms with E-state index in [-0.39, 0.29) is 10.8 Å². The van der Waals surface area contributed by atoms with Crippen molar-refractivity contribution in [1.29, 1.82) is 0 Å². The summed E-state index contributed by atoms with van der Waals surface area (Å²) in [4.78, 5) is 14.9. The Bertz CT molecular complexity index is 851. The van der Waals surface area contributed by atoms with Crippen LogP contribution in [0.5, 0.6) is 0 Å². The second-order valence-corrected chi connectivity index (χ2v) is 8.83. The van der Waals surface area contributed by atoms with E-state index in [1.165, 1.54) is 35.6 Å². The summed E-state index contributed by atoms with van der Waals surface area (Å²) in [6, 6.07) is 4.61. The highest BCUT2D eigenvalue weighted by molar-refractivity contribution is 6.09. The van der Waals surface area contributed by atoms with E-state index in [9.17, 15) is 4.79 Å². The van der Waals surface area contributed by atoms with Crippen LogP contribution in [0.15, 0.2) is 47.6 Å². The third-order valence-corrected chi connectivity index (χ3v) is 5.54. The maximum Gasteiger partial charge on any atom is 0.328 e. The second-order valence-electron chi connectivity index (χ2n) is 8.83. The summed E-state index contributed by atoms with van der Waals surface area (Å²) in [5.74, 6) is -0.966. The number of carboxylic acid groups (broad SMARTS) is 1. The number of aryl methyl sites for hydroxylation is 1. The molecule has 0 heterocycles. The van der Waals surface area contributed by atoms with Crippen LogP contribution in [-0.4, -0.2) is 17.3 Å². The van der Waals surface area contributed by atoms with Gasteiger partial charge >= 0.3 is 5.97 Å². The van der Waals surface area contributed by atoms with E-state index in [1.807, 2.05) is 6.92 Å². The molecule has 3 nitrogen and oxygen atoms in total. The van der Waals surface area contributed by atoms with Crippen LogP contribution in [0.4, 0.5) is 0 Å². The molecule has 27 heavy (non-hydrogen) atoms. The van der Waals surface area contributed by atoms with Crippen LogP contribution in [0.1, 0.15) is 69.7 Å². The number of fused-ring (bicyclic) bond motifs is 1. The van der Waals surface area contributed by atoms with E-state index in [2.05, 4.69) is 58.3 Å². The Labute approximate surface area is 163 Å². The lowest BCUT2D eigenvalue weighted by molar-refractivity contribution is -0.131. The van der Waals surface area contributed by atoms with E-state index in [0.29, 0.717) is 0 Å². The second kappa shape index (κ2) is 7.67. The average Bonchev–Trinajstić information content (AvgIpc) is 2.56. The molecular weight excluding hydrogens is 334 g/mol. The molecule has 0 fully saturated rings. The Hall–Kier alpha value is -2.42. The maximum atomic E-state index is 10.6. The van der Waals surface area contributed by atoms with E-state index >= 15 is 0 Å². The minimum absolute atomic E-state index is 0.156. The summed E-state index contributed by atoms with van der Waals surface area (Å²) in [6.07, 6.45) is 8.39. The predicted octanol–water partition coefficient (Wildman–Crippen LogP) is 5.97. The number of allylic oxidation sites excluding steroid dienone is 3. The van der Waals surface area contributed by atoms with Crippen molar-refractivity contribution in [2.45, 2.75) is 65.2 Å². The Morgan fingerprint density at radius 2 is 1.67 bits per heavy atom. The first kappa shape index (κ1) is 20.9. The topological polar surface area (TPSA) is 49.7 Å². The molecule has 0 radical (unpaired) electrons. The molecule has 0 unspecified atom stereocenters. The Balaban J connectivity index is 2.34. The normalized spacial score (nSPS) is 18.7. The number of rotatable bonds is 5. The molecule has 0 aliphatic heterocycles. The quantitative estimate of drug-likeness (QED) is 0.397. The largest absolute Gasteiger partial charge is 0.478 e. The van der Waals surface area contributed by atoms with Crippen molar-refractivity contribution >= 4 is 17.8 Å². The Kier molecular flexibility index (Phi) is 5.94. The van der Waals surface area contributed by atoms with Gasteiger partial charge in [-0.2, -0.15) is 0 Å². The fraction of sp³-hybridized carbons (Fsp3) is 0.417. The van der Waals surface area contributed by atoms with Crippen LogP contribution in [0.25, 0.3) is 5.57 Å². The summed E-state index contributed by atoms with van der Waals surface area (Å²) in [5, 5.41) is 8.66. The number of benzene rings is 1. The highest BCUT2D eigenvalue weighted by Crippen LogP contribution is 2.46. The predicted molar refractivity (Wildman–Crippen MR) is 115 cm³/mol. The van der Waals surface area contributed by atoms with Gasteiger partial charge in [-0.1, -0.05) is 52.5 Å². The number of hydrogen-bond donors (Lipinski definition) is 1. The summed E-state index contributed by atoms with van der Waals surface area (Å²) < 4.78 is 0. The van der Waals surface area contributed by atoms with Crippen LogP contribution >= 0.6 is 0 Å². The number of aliphatic imine (C=N–C) groups is 1. The van der Waals surface area contributed by atoms with Crippen molar-refractivity contribution < 1.29 is 9.90 Å². The van der Waals surface area contributed by atoms with Gasteiger partial charge in [0, 0.05) is 18.5 Å². The highest BCUT2D eigenvalue weighted by atomic mass is 16.4. The Morgan fingerprint density at radius 3 is 2.22 bits per heavy atom. The molecule has 0 saturated heterocycles. The van der Waals surface area contributed by atoms with Gasteiger partial charge in [-0.05, 0) is 70.9 Å². The van der Waals surface area contributed by atoms with Crippen molar-refractivity contribution in [3.63, 3.8) is 0 Å². The van der Waals surface area contributed by atoms with Gasteiger partial charge in [-0.15, -0.1) is 0 Å². The van der Waals surface area contributed by atoms with Gasteiger partial charge < -0.3 is 5.11 Å². The van der Waals surface area contributed by atoms with E-state index < -0.39 is 5.97 Å². The third kappa shape index (κ3) is 4.85. The van der Waals surface area contributed by atoms with Gasteiger partial charge in [0.1, 0.15) is 0 Å². The maximum absolute atomic E-state index is 10.6. The fourth-order valence-electron chi connectivity index (χ4n) is 3.63. The van der Waals surface area contributed by atoms with E-state index in [1.54, 1.807) is 12.4 Å². The summed E-state index contributed by atoms with van der Waals surface area (Å²) >= 11 is 0. The molecule has 1 aliphatic carbocycles. The van der Waals surface area contributed by atoms with Gasteiger partial charge in [0.05, 0.1) is 0 Å². The zero-order valence-electron chi connectivity index (χ0n) is 17.4. The highest BCUT2D eigenvalue weighted by Gasteiger charge is 2.37. The molecule has 1 aliphatic rings. The molecular formula is C24H31NO2. The molecule has 0 aromatic heterocycles. The van der Waals surface area contributed by atoms with Gasteiger partial charge in [-0.25, -0.2) is 4.79 Å². The summed E-state index contributed by atoms with van der Waals surface area (Å²) in [6.45, 7) is 17.4. The first-order chi connectivity index (χ1) is 12.4. The minimum atomic E-state index is -0.966. The van der Waals surface area contributed by atoms with Gasteiger partial charge in [0.2, 0.25) is 0 Å². The van der Waals surface area contributed by atoms with Crippen molar-refractivity contribution in [1.82, 2.24) is 0 Å². The molecule has 1 N–H and O–H groups in total. The van der Waals surface area contributed by atoms with Crippen LogP contribution < -0.4 is 0 Å². The smallest absolute Gasteiger partial charge is 0.328 e. The lowest BCUT2D eigenvalue weighted by atomic mass is 9.62. The molecule has 0 bridgehead atoms. The molecule has 1 aromatic carbocycles. The molecule has 3 heteroatoms. The minimum Gasteiger partial charge on any atom is -0.478 e. The first-order valence-corrected chi connectivity index (χ1v) is 9.40. The number of nitrogens with zero attached hydrogens (tertiary/aromatic N) is 1. The number of aliphatic carboxylic acids is 1. The fourth-order valence-corrected chi connectivity index (χ4v) is 3.63. The third-order valence-electron chi connectivity index (χ3n) is 5.54. The molecule has 0 saturated carbocycles. The van der Waals surface area contributed by atoms with Crippen molar-refractivity contribution in [2.24, 2.45) is 4.99 Å². The first-order valence-electron chi connectivity index (χ1n) is 9.40. The van der Waals surface area contributed by atoms with Crippen LogP contribution in [0.3, 0.4) is 0 Å². The van der Waals surface area contributed by atoms with Crippen molar-refractivity contribution in [3.8, 4) is 0 Å². The lowest BCUT2D eigenvalue weighted by Crippen LogP contribution is -2.34. The van der Waals surface area contributed by atoms with Crippen molar-refractivity contribution in [2.75, 3.05) is 0 Å². The number of carbonyl (C=O) groups is 1. The number of carboxylic acids is 1. The Morgan fingerprint density at radius 1 is 1.11 bits per heavy atom. The number of hydrogen-bond acceptors (Lipinski definition) is 2. The standard InChI is InChI=1S/C24H31NO2/c1-16(8-9-22(26)27)14-25-15-18(3)19-13-21-20(12-17(19)2)23(4,5)10-11-24(21,6)7/h8-9,12-15H,3,10-11H2,1-2,4-7H3,(H,26,27)/b9-8+,16-14+,25-15?. The van der Waals surface area contributed by atoms with Crippen LogP contribution in [0, 0.1) is 6.92 Å². The van der Waals surface area contributed by atoms with E-state index in [0.717, 1.165) is 22.8 Å². The zero-order valence-corrected chi connectivity index (χ0v) is 17.4. The average molecular weight is 366 g/mol. The van der Waals surface area contributed by atoms with E-state index in [4.69, 9.17) is 5.11 Å². The van der Waals surface area contributed by atoms with Crippen LogP contribution in [-0.2, 0) is 15.6 Å². The molecule has 0 amide bonds. The van der Waals surface area contributed by atoms with Gasteiger partial charge in [0.25, 0.3) is 0 Å². The molecule has 144 valence electrons. The molecule has 1 aromatic rings. The molecule has 2 rings (SSSR count). The van der Waals surface area contributed by atoms with Crippen molar-refractivity contribution in [3.05, 3.63) is 64.9 Å². The summed E-state index contributed by atoms with van der Waals surface area (Å²) in [7, 11) is 0. The zero-order chi connectivity index (χ0) is 20.4. The molecule has 0 atom stereocenters. The SMILES string of the molecule is C=C(C=N/C=C(C)/C=C/C(=O)O)c1cc2c(cc1C)C(C)(C)CCC2(C)C. The molecule has 0 spiro atoms. The monoisotopic (exact) mass is 365 g/mol.